The molecule has 3 aromatic rings. The van der Waals surface area contributed by atoms with Crippen LogP contribution in [0.5, 0.6) is 0 Å². The van der Waals surface area contributed by atoms with Gasteiger partial charge in [-0.2, -0.15) is 0 Å². The number of benzene rings is 1. The van der Waals surface area contributed by atoms with Crippen LogP contribution in [0, 0.1) is 5.82 Å². The standard InChI is InChI=1S/C22H19FN4O3/c23-17-4-2-16(3-5-17)20(28)18-19(15-6-8-24-9-7-15)27(22(30)21(18)29)12-1-11-26-13-10-25-14-26/h2-10,13-14,19,28H,1,11-12H2/b20-18+/t19-/m1/s1. The minimum Gasteiger partial charge on any atom is -0.507 e. The molecule has 3 heterocycles. The van der Waals surface area contributed by atoms with Gasteiger partial charge < -0.3 is 14.6 Å². The molecular formula is C22H19FN4O3. The highest BCUT2D eigenvalue weighted by atomic mass is 19.1. The molecule has 7 nitrogen and oxygen atoms in total. The number of aliphatic hydroxyl groups excluding tert-OH is 1. The second kappa shape index (κ2) is 8.28. The molecule has 0 saturated carbocycles. The van der Waals surface area contributed by atoms with Gasteiger partial charge in [-0.1, -0.05) is 0 Å². The van der Waals surface area contributed by atoms with Gasteiger partial charge in [0.1, 0.15) is 11.6 Å². The molecule has 1 N–H and O–H groups in total. The monoisotopic (exact) mass is 406 g/mol. The lowest BCUT2D eigenvalue weighted by atomic mass is 9.96. The summed E-state index contributed by atoms with van der Waals surface area (Å²) in [4.78, 5) is 35.1. The number of aliphatic hydroxyl groups is 1. The van der Waals surface area contributed by atoms with Gasteiger partial charge in [0.25, 0.3) is 11.7 Å². The molecule has 0 bridgehead atoms. The molecule has 2 aromatic heterocycles. The molecule has 1 aliphatic rings. The van der Waals surface area contributed by atoms with Crippen molar-refractivity contribution in [2.24, 2.45) is 0 Å². The summed E-state index contributed by atoms with van der Waals surface area (Å²) in [7, 11) is 0. The fourth-order valence-corrected chi connectivity index (χ4v) is 3.61. The van der Waals surface area contributed by atoms with Gasteiger partial charge in [0.2, 0.25) is 0 Å². The Balaban J connectivity index is 1.71. The van der Waals surface area contributed by atoms with Crippen LogP contribution in [-0.4, -0.2) is 42.8 Å². The maximum Gasteiger partial charge on any atom is 0.295 e. The number of hydrogen-bond acceptors (Lipinski definition) is 5. The van der Waals surface area contributed by atoms with Crippen LogP contribution in [0.4, 0.5) is 4.39 Å². The van der Waals surface area contributed by atoms with Gasteiger partial charge >= 0.3 is 0 Å². The van der Waals surface area contributed by atoms with Gasteiger partial charge in [-0.15, -0.1) is 0 Å². The third-order valence-electron chi connectivity index (χ3n) is 5.05. The van der Waals surface area contributed by atoms with Crippen LogP contribution in [0.1, 0.15) is 23.6 Å². The summed E-state index contributed by atoms with van der Waals surface area (Å²) in [5.41, 5.74) is 0.919. The molecule has 0 radical (unpaired) electrons. The van der Waals surface area contributed by atoms with Crippen LogP contribution in [0.3, 0.4) is 0 Å². The van der Waals surface area contributed by atoms with Gasteiger partial charge in [-0.25, -0.2) is 9.37 Å². The second-order valence-corrected chi connectivity index (χ2v) is 6.93. The molecule has 8 heteroatoms. The Morgan fingerprint density at radius 2 is 1.73 bits per heavy atom. The first-order valence-electron chi connectivity index (χ1n) is 9.46. The predicted molar refractivity (Wildman–Crippen MR) is 106 cm³/mol. The Bertz CT molecular complexity index is 1080. The topological polar surface area (TPSA) is 88.3 Å². The summed E-state index contributed by atoms with van der Waals surface area (Å²) in [5.74, 6) is -2.23. The molecule has 1 fully saturated rings. The van der Waals surface area contributed by atoms with Crippen molar-refractivity contribution in [3.63, 3.8) is 0 Å². The van der Waals surface area contributed by atoms with E-state index < -0.39 is 23.5 Å². The number of hydrogen-bond donors (Lipinski definition) is 1. The van der Waals surface area contributed by atoms with E-state index in [0.29, 0.717) is 25.1 Å². The Morgan fingerprint density at radius 3 is 2.40 bits per heavy atom. The fourth-order valence-electron chi connectivity index (χ4n) is 3.61. The summed E-state index contributed by atoms with van der Waals surface area (Å²) in [6.07, 6.45) is 8.91. The van der Waals surface area contributed by atoms with E-state index in [-0.39, 0.29) is 16.9 Å². The molecule has 1 aliphatic heterocycles. The average Bonchev–Trinajstić information content (AvgIpc) is 3.37. The Labute approximate surface area is 172 Å². The number of amides is 1. The quantitative estimate of drug-likeness (QED) is 0.386. The SMILES string of the molecule is O=C1C(=O)N(CCCn2ccnc2)[C@H](c2ccncc2)/C1=C(\O)c1ccc(F)cc1. The molecule has 0 unspecified atom stereocenters. The van der Waals surface area contributed by atoms with Gasteiger partial charge in [0, 0.05) is 43.4 Å². The molecule has 152 valence electrons. The van der Waals surface area contributed by atoms with Crippen LogP contribution >= 0.6 is 0 Å². The minimum atomic E-state index is -0.763. The molecule has 1 amide bonds. The number of carbonyl (C=O) groups excluding carboxylic acids is 2. The van der Waals surface area contributed by atoms with E-state index in [1.54, 1.807) is 37.1 Å². The van der Waals surface area contributed by atoms with Crippen LogP contribution in [-0.2, 0) is 16.1 Å². The molecule has 1 saturated heterocycles. The number of halogens is 1. The second-order valence-electron chi connectivity index (χ2n) is 6.93. The van der Waals surface area contributed by atoms with Crippen molar-refractivity contribution >= 4 is 17.4 Å². The lowest BCUT2D eigenvalue weighted by Gasteiger charge is -2.25. The van der Waals surface area contributed by atoms with Crippen molar-refractivity contribution in [1.82, 2.24) is 19.4 Å². The van der Waals surface area contributed by atoms with Crippen molar-refractivity contribution in [2.45, 2.75) is 19.0 Å². The van der Waals surface area contributed by atoms with Crippen molar-refractivity contribution in [1.29, 1.82) is 0 Å². The van der Waals surface area contributed by atoms with Crippen LogP contribution in [0.2, 0.25) is 0 Å². The van der Waals surface area contributed by atoms with Crippen LogP contribution < -0.4 is 0 Å². The van der Waals surface area contributed by atoms with E-state index in [1.807, 2.05) is 10.8 Å². The Hall–Kier alpha value is -3.81. The zero-order valence-electron chi connectivity index (χ0n) is 16.0. The van der Waals surface area contributed by atoms with E-state index in [0.717, 1.165) is 0 Å². The fraction of sp³-hybridized carbons (Fsp3) is 0.182. The van der Waals surface area contributed by atoms with E-state index in [9.17, 15) is 19.1 Å². The van der Waals surface area contributed by atoms with E-state index in [1.165, 1.54) is 29.2 Å². The molecule has 4 rings (SSSR count). The number of rotatable bonds is 6. The highest BCUT2D eigenvalue weighted by Gasteiger charge is 2.45. The zero-order chi connectivity index (χ0) is 21.1. The third-order valence-corrected chi connectivity index (χ3v) is 5.05. The maximum atomic E-state index is 13.3. The molecule has 0 spiro atoms. The number of aryl methyl sites for hydroxylation is 1. The summed E-state index contributed by atoms with van der Waals surface area (Å²) in [6.45, 7) is 0.944. The molecule has 0 aliphatic carbocycles. The number of aromatic nitrogens is 3. The van der Waals surface area contributed by atoms with E-state index in [2.05, 4.69) is 9.97 Å². The number of carbonyl (C=O) groups is 2. The minimum absolute atomic E-state index is 0.0135. The van der Waals surface area contributed by atoms with E-state index in [4.69, 9.17) is 0 Å². The van der Waals surface area contributed by atoms with Crippen molar-refractivity contribution in [3.8, 4) is 0 Å². The van der Waals surface area contributed by atoms with Gasteiger partial charge in [0.15, 0.2) is 0 Å². The number of pyridine rings is 1. The maximum absolute atomic E-state index is 13.3. The zero-order valence-corrected chi connectivity index (χ0v) is 16.0. The summed E-state index contributed by atoms with van der Waals surface area (Å²) in [5, 5.41) is 10.9. The van der Waals surface area contributed by atoms with Crippen molar-refractivity contribution < 1.29 is 19.1 Å². The molecule has 30 heavy (non-hydrogen) atoms. The first kappa shape index (κ1) is 19.5. The number of likely N-dealkylation sites (tertiary alicyclic amines) is 1. The number of imidazole rings is 1. The highest BCUT2D eigenvalue weighted by Crippen LogP contribution is 2.39. The molecule has 1 atom stereocenters. The number of ketones is 1. The molecular weight excluding hydrogens is 387 g/mol. The Morgan fingerprint density at radius 1 is 1.00 bits per heavy atom. The lowest BCUT2D eigenvalue weighted by Crippen LogP contribution is -2.31. The summed E-state index contributed by atoms with van der Waals surface area (Å²) < 4.78 is 15.2. The lowest BCUT2D eigenvalue weighted by molar-refractivity contribution is -0.139. The normalized spacial score (nSPS) is 18.2. The van der Waals surface area contributed by atoms with Gasteiger partial charge in [0.05, 0.1) is 17.9 Å². The van der Waals surface area contributed by atoms with Gasteiger partial charge in [-0.3, -0.25) is 14.6 Å². The summed E-state index contributed by atoms with van der Waals surface area (Å²) in [6, 6.07) is 7.80. The molecule has 1 aromatic carbocycles. The first-order chi connectivity index (χ1) is 14.6. The largest absolute Gasteiger partial charge is 0.507 e. The average molecular weight is 406 g/mol. The van der Waals surface area contributed by atoms with Crippen LogP contribution in [0.25, 0.3) is 5.76 Å². The van der Waals surface area contributed by atoms with Crippen molar-refractivity contribution in [2.75, 3.05) is 6.54 Å². The Kier molecular flexibility index (Phi) is 5.38. The van der Waals surface area contributed by atoms with Crippen LogP contribution in [0.15, 0.2) is 73.1 Å². The number of nitrogens with zero attached hydrogens (tertiary/aromatic N) is 4. The highest BCUT2D eigenvalue weighted by molar-refractivity contribution is 6.46. The van der Waals surface area contributed by atoms with E-state index >= 15 is 0 Å². The summed E-state index contributed by atoms with van der Waals surface area (Å²) >= 11 is 0. The smallest absolute Gasteiger partial charge is 0.295 e. The first-order valence-corrected chi connectivity index (χ1v) is 9.46. The number of Topliss-reactive ketones (excluding diaryl/α,β-unsaturated/α-hetero) is 1. The van der Waals surface area contributed by atoms with Crippen molar-refractivity contribution in [3.05, 3.63) is 90.0 Å². The third kappa shape index (κ3) is 3.71. The van der Waals surface area contributed by atoms with Gasteiger partial charge in [-0.05, 0) is 48.4 Å². The predicted octanol–water partition coefficient (Wildman–Crippen LogP) is 2.93.